The first-order chi connectivity index (χ1) is 15.3. The summed E-state index contributed by atoms with van der Waals surface area (Å²) in [5, 5.41) is 15.2. The number of likely N-dealkylation sites (tertiary alicyclic amines) is 1. The number of benzene rings is 2. The zero-order valence-electron chi connectivity index (χ0n) is 16.8. The smallest absolute Gasteiger partial charge is 0.230 e. The lowest BCUT2D eigenvalue weighted by Gasteiger charge is -2.30. The lowest BCUT2D eigenvalue weighted by atomic mass is 9.96. The van der Waals surface area contributed by atoms with E-state index in [1.165, 1.54) is 6.33 Å². The average Bonchev–Trinajstić information content (AvgIpc) is 3.53. The van der Waals surface area contributed by atoms with E-state index >= 15 is 0 Å². The van der Waals surface area contributed by atoms with Crippen molar-refractivity contribution in [2.45, 2.75) is 25.2 Å². The van der Waals surface area contributed by atoms with Crippen LogP contribution in [0.1, 0.15) is 30.2 Å². The van der Waals surface area contributed by atoms with Gasteiger partial charge in [-0.3, -0.25) is 4.79 Å². The van der Waals surface area contributed by atoms with E-state index in [1.807, 2.05) is 59.5 Å². The Labute approximate surface area is 178 Å². The molecule has 0 unspecified atom stereocenters. The third kappa shape index (κ3) is 4.20. The molecule has 9 nitrogen and oxygen atoms in total. The minimum absolute atomic E-state index is 0.129. The maximum atomic E-state index is 12.8. The summed E-state index contributed by atoms with van der Waals surface area (Å²) in [5.41, 5.74) is 2.76. The molecule has 0 radical (unpaired) electrons. The van der Waals surface area contributed by atoms with E-state index < -0.39 is 0 Å². The highest BCUT2D eigenvalue weighted by molar-refractivity contribution is 5.79. The second-order valence-corrected chi connectivity index (χ2v) is 7.57. The Morgan fingerprint density at radius 2 is 1.81 bits per heavy atom. The van der Waals surface area contributed by atoms with Gasteiger partial charge in [0.05, 0.1) is 12.1 Å². The summed E-state index contributed by atoms with van der Waals surface area (Å²) in [6.45, 7) is 1.38. The van der Waals surface area contributed by atoms with Crippen LogP contribution < -0.4 is 0 Å². The predicted octanol–water partition coefficient (Wildman–Crippen LogP) is 2.66. The van der Waals surface area contributed by atoms with Gasteiger partial charge in [-0.2, -0.15) is 4.98 Å². The van der Waals surface area contributed by atoms with E-state index in [2.05, 4.69) is 25.7 Å². The van der Waals surface area contributed by atoms with Gasteiger partial charge in [-0.15, -0.1) is 5.10 Å². The van der Waals surface area contributed by atoms with Crippen molar-refractivity contribution in [3.8, 4) is 17.1 Å². The molecule has 0 aliphatic carbocycles. The molecule has 0 saturated carbocycles. The Hall–Kier alpha value is -3.88. The standard InChI is InChI=1S/C22H21N7O2/c30-20(14-16-6-8-19(9-7-16)29-15-23-26-27-29)28-12-10-18(11-13-28)22-24-21(25-31-22)17-4-2-1-3-5-17/h1-9,15,18H,10-14H2. The largest absolute Gasteiger partial charge is 0.342 e. The van der Waals surface area contributed by atoms with Gasteiger partial charge in [-0.1, -0.05) is 47.6 Å². The van der Waals surface area contributed by atoms with Crippen molar-refractivity contribution in [1.29, 1.82) is 0 Å². The topological polar surface area (TPSA) is 103 Å². The quantitative estimate of drug-likeness (QED) is 0.494. The van der Waals surface area contributed by atoms with E-state index in [1.54, 1.807) is 4.68 Å². The van der Waals surface area contributed by atoms with E-state index in [0.29, 0.717) is 31.2 Å². The third-order valence-corrected chi connectivity index (χ3v) is 5.58. The maximum Gasteiger partial charge on any atom is 0.230 e. The Morgan fingerprint density at radius 1 is 1.03 bits per heavy atom. The van der Waals surface area contributed by atoms with Crippen LogP contribution in [0.3, 0.4) is 0 Å². The number of hydrogen-bond donors (Lipinski definition) is 0. The summed E-state index contributed by atoms with van der Waals surface area (Å²) >= 11 is 0. The van der Waals surface area contributed by atoms with Crippen LogP contribution in [0.2, 0.25) is 0 Å². The Kier molecular flexibility index (Phi) is 5.22. The molecule has 0 N–H and O–H groups in total. The minimum Gasteiger partial charge on any atom is -0.342 e. The molecular weight excluding hydrogens is 394 g/mol. The summed E-state index contributed by atoms with van der Waals surface area (Å²) in [6, 6.07) is 17.5. The van der Waals surface area contributed by atoms with Gasteiger partial charge >= 0.3 is 0 Å². The van der Waals surface area contributed by atoms with E-state index in [4.69, 9.17) is 4.52 Å². The molecule has 5 rings (SSSR count). The number of amides is 1. The molecule has 2 aromatic carbocycles. The molecule has 31 heavy (non-hydrogen) atoms. The Bertz CT molecular complexity index is 1130. The molecule has 1 saturated heterocycles. The van der Waals surface area contributed by atoms with Gasteiger partial charge in [0.25, 0.3) is 0 Å². The van der Waals surface area contributed by atoms with Crippen molar-refractivity contribution >= 4 is 5.91 Å². The summed E-state index contributed by atoms with van der Waals surface area (Å²) in [6.07, 6.45) is 3.55. The number of tetrazole rings is 1. The molecule has 0 spiro atoms. The van der Waals surface area contributed by atoms with Crippen molar-refractivity contribution in [3.63, 3.8) is 0 Å². The molecule has 1 fully saturated rings. The van der Waals surface area contributed by atoms with Crippen LogP contribution in [0, 0.1) is 0 Å². The lowest BCUT2D eigenvalue weighted by molar-refractivity contribution is -0.131. The maximum absolute atomic E-state index is 12.8. The molecule has 4 aromatic rings. The van der Waals surface area contributed by atoms with Gasteiger partial charge in [-0.25, -0.2) is 4.68 Å². The second-order valence-electron chi connectivity index (χ2n) is 7.57. The Morgan fingerprint density at radius 3 is 2.52 bits per heavy atom. The summed E-state index contributed by atoms with van der Waals surface area (Å²) in [5.74, 6) is 1.58. The second kappa shape index (κ2) is 8.47. The van der Waals surface area contributed by atoms with Crippen LogP contribution in [0.4, 0.5) is 0 Å². The van der Waals surface area contributed by atoms with Crippen molar-refractivity contribution in [2.24, 2.45) is 0 Å². The third-order valence-electron chi connectivity index (χ3n) is 5.58. The fourth-order valence-corrected chi connectivity index (χ4v) is 3.81. The number of rotatable bonds is 5. The van der Waals surface area contributed by atoms with Crippen LogP contribution >= 0.6 is 0 Å². The van der Waals surface area contributed by atoms with E-state index in [9.17, 15) is 4.79 Å². The predicted molar refractivity (Wildman–Crippen MR) is 111 cm³/mol. The average molecular weight is 415 g/mol. The first-order valence-electron chi connectivity index (χ1n) is 10.3. The number of hydrogen-bond acceptors (Lipinski definition) is 7. The fraction of sp³-hybridized carbons (Fsp3) is 0.273. The fourth-order valence-electron chi connectivity index (χ4n) is 3.81. The van der Waals surface area contributed by atoms with Gasteiger partial charge in [0.15, 0.2) is 0 Å². The number of piperidine rings is 1. The van der Waals surface area contributed by atoms with Crippen LogP contribution in [0.25, 0.3) is 17.1 Å². The van der Waals surface area contributed by atoms with Crippen molar-refractivity contribution in [2.75, 3.05) is 13.1 Å². The molecule has 1 aliphatic rings. The molecule has 1 amide bonds. The number of nitrogens with zero attached hydrogens (tertiary/aromatic N) is 7. The van der Waals surface area contributed by atoms with Crippen LogP contribution in [-0.4, -0.2) is 54.2 Å². The van der Waals surface area contributed by atoms with E-state index in [0.717, 1.165) is 29.7 Å². The highest BCUT2D eigenvalue weighted by Crippen LogP contribution is 2.28. The molecule has 3 heterocycles. The van der Waals surface area contributed by atoms with Gasteiger partial charge in [0.2, 0.25) is 17.6 Å². The van der Waals surface area contributed by atoms with Crippen LogP contribution in [-0.2, 0) is 11.2 Å². The van der Waals surface area contributed by atoms with Crippen LogP contribution in [0.5, 0.6) is 0 Å². The van der Waals surface area contributed by atoms with Crippen molar-refractivity contribution in [3.05, 3.63) is 72.4 Å². The molecule has 9 heteroatoms. The summed E-state index contributed by atoms with van der Waals surface area (Å²) in [4.78, 5) is 19.2. The molecule has 0 bridgehead atoms. The number of carbonyl (C=O) groups is 1. The van der Waals surface area contributed by atoms with Gasteiger partial charge in [0, 0.05) is 24.6 Å². The lowest BCUT2D eigenvalue weighted by Crippen LogP contribution is -2.38. The normalized spacial score (nSPS) is 14.6. The van der Waals surface area contributed by atoms with Gasteiger partial charge in [-0.05, 0) is 41.0 Å². The number of carbonyl (C=O) groups excluding carboxylic acids is 1. The van der Waals surface area contributed by atoms with Crippen molar-refractivity contribution < 1.29 is 9.32 Å². The first-order valence-corrected chi connectivity index (χ1v) is 10.3. The van der Waals surface area contributed by atoms with E-state index in [-0.39, 0.29) is 11.8 Å². The van der Waals surface area contributed by atoms with Crippen molar-refractivity contribution in [1.82, 2.24) is 35.2 Å². The SMILES string of the molecule is O=C(Cc1ccc(-n2cnnn2)cc1)N1CCC(c2nc(-c3ccccc3)no2)CC1. The molecule has 0 atom stereocenters. The molecule has 1 aliphatic heterocycles. The monoisotopic (exact) mass is 415 g/mol. The molecule has 2 aromatic heterocycles. The summed E-state index contributed by atoms with van der Waals surface area (Å²) < 4.78 is 7.09. The Balaban J connectivity index is 1.16. The minimum atomic E-state index is 0.129. The zero-order valence-corrected chi connectivity index (χ0v) is 16.8. The summed E-state index contributed by atoms with van der Waals surface area (Å²) in [7, 11) is 0. The highest BCUT2D eigenvalue weighted by atomic mass is 16.5. The zero-order chi connectivity index (χ0) is 21.0. The number of aromatic nitrogens is 6. The molecular formula is C22H21N7O2. The van der Waals surface area contributed by atoms with Gasteiger partial charge in [0.1, 0.15) is 6.33 Å². The highest BCUT2D eigenvalue weighted by Gasteiger charge is 2.27. The molecule has 156 valence electrons. The van der Waals surface area contributed by atoms with Crippen LogP contribution in [0.15, 0.2) is 65.4 Å². The first kappa shape index (κ1) is 19.1. The van der Waals surface area contributed by atoms with Gasteiger partial charge < -0.3 is 9.42 Å².